The largest absolute Gasteiger partial charge is 0.311 e. The minimum Gasteiger partial charge on any atom is -0.311 e. The zero-order valence-electron chi connectivity index (χ0n) is 10.6. The van der Waals surface area contributed by atoms with Crippen molar-refractivity contribution in [3.05, 3.63) is 0 Å². The Hall–Kier alpha value is -0.0400. The van der Waals surface area contributed by atoms with Gasteiger partial charge in [-0.25, -0.2) is 0 Å². The number of nitrogens with one attached hydrogen (secondary N) is 1. The standard InChI is InChI=1S/C13H27N/c1-6-10(3)8-11(7-2)14-12-9-13(12,4)5/h10-12,14H,6-9H2,1-5H3. The van der Waals surface area contributed by atoms with Crippen LogP contribution in [0.25, 0.3) is 0 Å². The maximum Gasteiger partial charge on any atom is 0.0127 e. The third-order valence-electron chi connectivity index (χ3n) is 3.83. The third kappa shape index (κ3) is 3.27. The third-order valence-corrected chi connectivity index (χ3v) is 3.83. The molecule has 84 valence electrons. The summed E-state index contributed by atoms with van der Waals surface area (Å²) >= 11 is 0. The summed E-state index contributed by atoms with van der Waals surface area (Å²) in [6, 6.07) is 1.54. The Balaban J connectivity index is 2.26. The molecule has 1 heteroatoms. The molecule has 0 aliphatic heterocycles. The van der Waals surface area contributed by atoms with E-state index < -0.39 is 0 Å². The van der Waals surface area contributed by atoms with Gasteiger partial charge in [0.15, 0.2) is 0 Å². The van der Waals surface area contributed by atoms with E-state index in [1.54, 1.807) is 0 Å². The highest BCUT2D eigenvalue weighted by atomic mass is 15.0. The summed E-state index contributed by atoms with van der Waals surface area (Å²) in [4.78, 5) is 0. The van der Waals surface area contributed by atoms with Gasteiger partial charge in [0, 0.05) is 12.1 Å². The van der Waals surface area contributed by atoms with E-state index in [4.69, 9.17) is 0 Å². The van der Waals surface area contributed by atoms with E-state index in [1.165, 1.54) is 25.7 Å². The lowest BCUT2D eigenvalue weighted by molar-refractivity contribution is 0.367. The Morgan fingerprint density at radius 1 is 1.29 bits per heavy atom. The Morgan fingerprint density at radius 3 is 2.21 bits per heavy atom. The molecule has 0 aromatic heterocycles. The molecule has 1 fully saturated rings. The molecule has 0 heterocycles. The van der Waals surface area contributed by atoms with Gasteiger partial charge in [0.1, 0.15) is 0 Å². The van der Waals surface area contributed by atoms with Crippen LogP contribution < -0.4 is 5.32 Å². The zero-order valence-corrected chi connectivity index (χ0v) is 10.6. The molecule has 1 aliphatic rings. The highest BCUT2D eigenvalue weighted by Crippen LogP contribution is 2.45. The van der Waals surface area contributed by atoms with Crippen LogP contribution in [0.2, 0.25) is 0 Å². The van der Waals surface area contributed by atoms with Crippen LogP contribution in [0, 0.1) is 11.3 Å². The molecular formula is C13H27N. The van der Waals surface area contributed by atoms with Gasteiger partial charge in [-0.3, -0.25) is 0 Å². The van der Waals surface area contributed by atoms with Gasteiger partial charge in [-0.05, 0) is 30.6 Å². The Kier molecular flexibility index (Phi) is 4.00. The molecule has 1 saturated carbocycles. The lowest BCUT2D eigenvalue weighted by atomic mass is 9.97. The van der Waals surface area contributed by atoms with Crippen molar-refractivity contribution < 1.29 is 0 Å². The summed E-state index contributed by atoms with van der Waals surface area (Å²) in [6.07, 6.45) is 5.30. The van der Waals surface area contributed by atoms with Gasteiger partial charge in [-0.1, -0.05) is 41.0 Å². The van der Waals surface area contributed by atoms with Gasteiger partial charge < -0.3 is 5.32 Å². The van der Waals surface area contributed by atoms with E-state index in [9.17, 15) is 0 Å². The lowest BCUT2D eigenvalue weighted by Gasteiger charge is -2.21. The Bertz CT molecular complexity index is 174. The number of hydrogen-bond acceptors (Lipinski definition) is 1. The lowest BCUT2D eigenvalue weighted by Crippen LogP contribution is -2.33. The van der Waals surface area contributed by atoms with Crippen LogP contribution in [-0.4, -0.2) is 12.1 Å². The molecule has 0 aromatic rings. The highest BCUT2D eigenvalue weighted by molar-refractivity contribution is 5.02. The van der Waals surface area contributed by atoms with Crippen molar-refractivity contribution in [3.63, 3.8) is 0 Å². The molecule has 3 unspecified atom stereocenters. The molecule has 1 rings (SSSR count). The maximum atomic E-state index is 3.80. The molecule has 0 saturated heterocycles. The first kappa shape index (κ1) is 12.0. The average Bonchev–Trinajstić information content (AvgIpc) is 2.72. The van der Waals surface area contributed by atoms with Crippen LogP contribution in [0.4, 0.5) is 0 Å². The van der Waals surface area contributed by atoms with Crippen molar-refractivity contribution >= 4 is 0 Å². The van der Waals surface area contributed by atoms with Crippen LogP contribution in [0.5, 0.6) is 0 Å². The molecule has 0 amide bonds. The van der Waals surface area contributed by atoms with E-state index >= 15 is 0 Å². The quantitative estimate of drug-likeness (QED) is 0.686. The SMILES string of the molecule is CCC(C)CC(CC)NC1CC1(C)C. The van der Waals surface area contributed by atoms with Gasteiger partial charge >= 0.3 is 0 Å². The first-order chi connectivity index (χ1) is 6.49. The molecule has 1 N–H and O–H groups in total. The summed E-state index contributed by atoms with van der Waals surface area (Å²) in [6.45, 7) is 11.7. The summed E-state index contributed by atoms with van der Waals surface area (Å²) in [5.41, 5.74) is 0.572. The van der Waals surface area contributed by atoms with E-state index in [2.05, 4.69) is 39.9 Å². The first-order valence-corrected chi connectivity index (χ1v) is 6.25. The smallest absolute Gasteiger partial charge is 0.0127 e. The molecule has 3 atom stereocenters. The van der Waals surface area contributed by atoms with Crippen LogP contribution in [0.15, 0.2) is 0 Å². The van der Waals surface area contributed by atoms with E-state index in [0.717, 1.165) is 18.0 Å². The summed E-state index contributed by atoms with van der Waals surface area (Å²) in [5, 5.41) is 3.80. The van der Waals surface area contributed by atoms with Gasteiger partial charge in [-0.2, -0.15) is 0 Å². The molecule has 0 bridgehead atoms. The topological polar surface area (TPSA) is 12.0 Å². The van der Waals surface area contributed by atoms with Crippen molar-refractivity contribution in [2.24, 2.45) is 11.3 Å². The van der Waals surface area contributed by atoms with Gasteiger partial charge in [-0.15, -0.1) is 0 Å². The van der Waals surface area contributed by atoms with Crippen LogP contribution in [-0.2, 0) is 0 Å². The second-order valence-corrected chi connectivity index (χ2v) is 5.77. The second kappa shape index (κ2) is 4.65. The molecule has 0 spiro atoms. The molecular weight excluding hydrogens is 170 g/mol. The zero-order chi connectivity index (χ0) is 10.8. The van der Waals surface area contributed by atoms with Gasteiger partial charge in [0.25, 0.3) is 0 Å². The minimum atomic E-state index is 0.572. The number of rotatable bonds is 6. The monoisotopic (exact) mass is 197 g/mol. The second-order valence-electron chi connectivity index (χ2n) is 5.77. The summed E-state index contributed by atoms with van der Waals surface area (Å²) in [5.74, 6) is 0.870. The molecule has 0 radical (unpaired) electrons. The fourth-order valence-electron chi connectivity index (χ4n) is 2.04. The van der Waals surface area contributed by atoms with Crippen molar-refractivity contribution in [1.29, 1.82) is 0 Å². The minimum absolute atomic E-state index is 0.572. The molecule has 1 nitrogen and oxygen atoms in total. The summed E-state index contributed by atoms with van der Waals surface area (Å²) in [7, 11) is 0. The van der Waals surface area contributed by atoms with Crippen LogP contribution in [0.3, 0.4) is 0 Å². The normalized spacial score (nSPS) is 28.5. The predicted molar refractivity (Wildman–Crippen MR) is 63.5 cm³/mol. The van der Waals surface area contributed by atoms with Crippen LogP contribution >= 0.6 is 0 Å². The fourth-order valence-corrected chi connectivity index (χ4v) is 2.04. The number of hydrogen-bond donors (Lipinski definition) is 1. The average molecular weight is 197 g/mol. The molecule has 1 aliphatic carbocycles. The Morgan fingerprint density at radius 2 is 1.86 bits per heavy atom. The highest BCUT2D eigenvalue weighted by Gasteiger charge is 2.46. The maximum absolute atomic E-state index is 3.80. The first-order valence-electron chi connectivity index (χ1n) is 6.25. The van der Waals surface area contributed by atoms with Gasteiger partial charge in [0.2, 0.25) is 0 Å². The van der Waals surface area contributed by atoms with Crippen molar-refractivity contribution in [2.75, 3.05) is 0 Å². The molecule has 0 aromatic carbocycles. The molecule has 14 heavy (non-hydrogen) atoms. The van der Waals surface area contributed by atoms with Crippen molar-refractivity contribution in [2.45, 2.75) is 72.4 Å². The predicted octanol–water partition coefficient (Wildman–Crippen LogP) is 3.59. The van der Waals surface area contributed by atoms with E-state index in [0.29, 0.717) is 5.41 Å². The Labute approximate surface area is 89.7 Å². The van der Waals surface area contributed by atoms with E-state index in [-0.39, 0.29) is 0 Å². The van der Waals surface area contributed by atoms with Gasteiger partial charge in [0.05, 0.1) is 0 Å². The van der Waals surface area contributed by atoms with Crippen molar-refractivity contribution in [3.8, 4) is 0 Å². The van der Waals surface area contributed by atoms with E-state index in [1.807, 2.05) is 0 Å². The van der Waals surface area contributed by atoms with Crippen LogP contribution in [0.1, 0.15) is 60.3 Å². The summed E-state index contributed by atoms with van der Waals surface area (Å²) < 4.78 is 0. The fraction of sp³-hybridized carbons (Fsp3) is 1.00. The van der Waals surface area contributed by atoms with Crippen molar-refractivity contribution in [1.82, 2.24) is 5.32 Å².